The normalized spacial score (nSPS) is 17.5. The average Bonchev–Trinajstić information content (AvgIpc) is 2.94. The molecule has 1 aromatic carbocycles. The molecular weight excluding hydrogens is 364 g/mol. The number of nitrogens with zero attached hydrogens (tertiary/aromatic N) is 2. The summed E-state index contributed by atoms with van der Waals surface area (Å²) in [5, 5.41) is 15.7. The number of thiazole rings is 1. The number of phenols is 1. The Labute approximate surface area is 162 Å². The van der Waals surface area contributed by atoms with Crippen LogP contribution in [-0.4, -0.2) is 46.4 Å². The highest BCUT2D eigenvalue weighted by Gasteiger charge is 2.27. The first-order valence-electron chi connectivity index (χ1n) is 8.97. The fourth-order valence-corrected chi connectivity index (χ4v) is 3.92. The number of rotatable bonds is 5. The predicted molar refractivity (Wildman–Crippen MR) is 106 cm³/mol. The summed E-state index contributed by atoms with van der Waals surface area (Å²) in [6.07, 6.45) is 1.67. The first kappa shape index (κ1) is 19.3. The summed E-state index contributed by atoms with van der Waals surface area (Å²) in [6.45, 7) is 5.49. The third-order valence-corrected chi connectivity index (χ3v) is 5.64. The molecule has 0 radical (unpaired) electrons. The molecule has 1 aliphatic heterocycles. The summed E-state index contributed by atoms with van der Waals surface area (Å²) in [5.41, 5.74) is 1.58. The van der Waals surface area contributed by atoms with E-state index in [0.29, 0.717) is 17.4 Å². The molecule has 2 heterocycles. The van der Waals surface area contributed by atoms with Crippen molar-refractivity contribution in [3.8, 4) is 5.75 Å². The van der Waals surface area contributed by atoms with Gasteiger partial charge in [-0.3, -0.25) is 14.5 Å². The zero-order chi connectivity index (χ0) is 19.4. The molecule has 0 saturated carbocycles. The maximum absolute atomic E-state index is 12.5. The van der Waals surface area contributed by atoms with E-state index < -0.39 is 0 Å². The predicted octanol–water partition coefficient (Wildman–Crippen LogP) is 2.75. The fraction of sp³-hybridized carbons (Fsp3) is 0.421. The molecule has 1 atom stereocenters. The molecule has 1 aliphatic rings. The van der Waals surface area contributed by atoms with E-state index in [0.717, 1.165) is 30.0 Å². The molecule has 8 heteroatoms. The monoisotopic (exact) mass is 388 g/mol. The number of aryl methyl sites for hydroxylation is 2. The molecule has 1 fully saturated rings. The van der Waals surface area contributed by atoms with Gasteiger partial charge in [-0.2, -0.15) is 0 Å². The largest absolute Gasteiger partial charge is 0.508 e. The third-order valence-electron chi connectivity index (χ3n) is 4.65. The Bertz CT molecular complexity index is 799. The maximum Gasteiger partial charge on any atom is 0.240 e. The van der Waals surface area contributed by atoms with Crippen molar-refractivity contribution < 1.29 is 14.7 Å². The number of phenolic OH excluding ortho intramolecular Hbond substituents is 1. The number of carbonyl (C=O) groups excluding carboxylic acids is 2. The Hall–Kier alpha value is -2.45. The number of benzene rings is 1. The molecule has 3 N–H and O–H groups in total. The minimum atomic E-state index is -0.162. The van der Waals surface area contributed by atoms with Gasteiger partial charge in [0.1, 0.15) is 5.75 Å². The Balaban J connectivity index is 1.51. The van der Waals surface area contributed by atoms with Gasteiger partial charge in [0.2, 0.25) is 11.8 Å². The number of piperidine rings is 1. The molecule has 1 aromatic heterocycles. The van der Waals surface area contributed by atoms with E-state index in [4.69, 9.17) is 0 Å². The van der Waals surface area contributed by atoms with Crippen molar-refractivity contribution in [2.24, 2.45) is 5.92 Å². The lowest BCUT2D eigenvalue weighted by Gasteiger charge is -2.31. The molecule has 2 aromatic rings. The molecule has 1 unspecified atom stereocenters. The van der Waals surface area contributed by atoms with Crippen LogP contribution in [0.25, 0.3) is 0 Å². The number of likely N-dealkylation sites (tertiary alicyclic amines) is 1. The van der Waals surface area contributed by atoms with Gasteiger partial charge in [-0.05, 0) is 57.5 Å². The Morgan fingerprint density at radius 2 is 2.00 bits per heavy atom. The summed E-state index contributed by atoms with van der Waals surface area (Å²) >= 11 is 1.47. The summed E-state index contributed by atoms with van der Waals surface area (Å²) in [6, 6.07) is 6.41. The number of hydrogen-bond acceptors (Lipinski definition) is 6. The van der Waals surface area contributed by atoms with E-state index in [1.165, 1.54) is 23.5 Å². The number of aromatic hydroxyl groups is 1. The molecule has 0 aliphatic carbocycles. The average molecular weight is 388 g/mol. The quantitative estimate of drug-likeness (QED) is 0.685. The van der Waals surface area contributed by atoms with Gasteiger partial charge in [0.05, 0.1) is 18.2 Å². The SMILES string of the molecule is Cc1nc(NC(=O)CN2CCCC(C(=O)Nc3ccc(O)cc3)C2)sc1C. The molecule has 0 bridgehead atoms. The second-order valence-corrected chi connectivity index (χ2v) is 8.02. The van der Waals surface area contributed by atoms with Gasteiger partial charge < -0.3 is 15.7 Å². The Morgan fingerprint density at radius 1 is 1.26 bits per heavy atom. The van der Waals surface area contributed by atoms with Crippen molar-refractivity contribution in [3.05, 3.63) is 34.8 Å². The molecule has 2 amide bonds. The van der Waals surface area contributed by atoms with Gasteiger partial charge in [0, 0.05) is 17.1 Å². The van der Waals surface area contributed by atoms with Crippen LogP contribution in [0.3, 0.4) is 0 Å². The summed E-state index contributed by atoms with van der Waals surface area (Å²) in [4.78, 5) is 32.2. The van der Waals surface area contributed by atoms with Crippen molar-refractivity contribution in [1.29, 1.82) is 0 Å². The number of aromatic nitrogens is 1. The summed E-state index contributed by atoms with van der Waals surface area (Å²) in [7, 11) is 0. The van der Waals surface area contributed by atoms with Crippen LogP contribution in [0.2, 0.25) is 0 Å². The minimum absolute atomic E-state index is 0.0584. The van der Waals surface area contributed by atoms with Crippen LogP contribution >= 0.6 is 11.3 Å². The number of amides is 2. The third kappa shape index (κ3) is 5.27. The van der Waals surface area contributed by atoms with Crippen LogP contribution in [-0.2, 0) is 9.59 Å². The van der Waals surface area contributed by atoms with E-state index in [9.17, 15) is 14.7 Å². The maximum atomic E-state index is 12.5. The lowest BCUT2D eigenvalue weighted by molar-refractivity contribution is -0.123. The number of carbonyl (C=O) groups is 2. The van der Waals surface area contributed by atoms with Crippen molar-refractivity contribution in [2.75, 3.05) is 30.3 Å². The zero-order valence-corrected chi connectivity index (χ0v) is 16.3. The van der Waals surface area contributed by atoms with Crippen molar-refractivity contribution in [1.82, 2.24) is 9.88 Å². The van der Waals surface area contributed by atoms with E-state index >= 15 is 0 Å². The second kappa shape index (κ2) is 8.49. The highest BCUT2D eigenvalue weighted by atomic mass is 32.1. The van der Waals surface area contributed by atoms with Gasteiger partial charge in [-0.15, -0.1) is 11.3 Å². The molecule has 0 spiro atoms. The number of nitrogens with one attached hydrogen (secondary N) is 2. The van der Waals surface area contributed by atoms with E-state index in [1.807, 2.05) is 18.7 Å². The summed E-state index contributed by atoms with van der Waals surface area (Å²) in [5.74, 6) is -0.168. The van der Waals surface area contributed by atoms with Gasteiger partial charge in [0.25, 0.3) is 0 Å². The van der Waals surface area contributed by atoms with Crippen LogP contribution in [0.5, 0.6) is 5.75 Å². The van der Waals surface area contributed by atoms with E-state index in [1.54, 1.807) is 12.1 Å². The van der Waals surface area contributed by atoms with Gasteiger partial charge >= 0.3 is 0 Å². The van der Waals surface area contributed by atoms with Crippen molar-refractivity contribution >= 4 is 34.0 Å². The highest BCUT2D eigenvalue weighted by molar-refractivity contribution is 7.15. The zero-order valence-electron chi connectivity index (χ0n) is 15.5. The molecule has 7 nitrogen and oxygen atoms in total. The van der Waals surface area contributed by atoms with Gasteiger partial charge in [-0.25, -0.2) is 4.98 Å². The molecule has 3 rings (SSSR count). The van der Waals surface area contributed by atoms with Gasteiger partial charge in [0.15, 0.2) is 5.13 Å². The fourth-order valence-electron chi connectivity index (χ4n) is 3.09. The first-order valence-corrected chi connectivity index (χ1v) is 9.78. The van der Waals surface area contributed by atoms with Crippen molar-refractivity contribution in [3.63, 3.8) is 0 Å². The molecule has 144 valence electrons. The van der Waals surface area contributed by atoms with E-state index in [-0.39, 0.29) is 30.0 Å². The second-order valence-electron chi connectivity index (χ2n) is 6.82. The molecular formula is C19H24N4O3S. The highest BCUT2D eigenvalue weighted by Crippen LogP contribution is 2.22. The van der Waals surface area contributed by atoms with Crippen LogP contribution in [0.4, 0.5) is 10.8 Å². The molecule has 27 heavy (non-hydrogen) atoms. The number of anilines is 2. The molecule has 1 saturated heterocycles. The Kier molecular flexibility index (Phi) is 6.08. The van der Waals surface area contributed by atoms with Crippen LogP contribution < -0.4 is 10.6 Å². The standard InChI is InChI=1S/C19H24N4O3S/c1-12-13(2)27-19(20-12)22-17(25)11-23-9-3-4-14(10-23)18(26)21-15-5-7-16(24)8-6-15/h5-8,14,24H,3-4,9-11H2,1-2H3,(H,21,26)(H,20,22,25). The number of hydrogen-bond donors (Lipinski definition) is 3. The Morgan fingerprint density at radius 3 is 2.67 bits per heavy atom. The van der Waals surface area contributed by atoms with Crippen molar-refractivity contribution in [2.45, 2.75) is 26.7 Å². The van der Waals surface area contributed by atoms with Gasteiger partial charge in [-0.1, -0.05) is 0 Å². The smallest absolute Gasteiger partial charge is 0.240 e. The topological polar surface area (TPSA) is 94.6 Å². The summed E-state index contributed by atoms with van der Waals surface area (Å²) < 4.78 is 0. The van der Waals surface area contributed by atoms with E-state index in [2.05, 4.69) is 15.6 Å². The minimum Gasteiger partial charge on any atom is -0.508 e. The van der Waals surface area contributed by atoms with Crippen LogP contribution in [0.15, 0.2) is 24.3 Å². The lowest BCUT2D eigenvalue weighted by Crippen LogP contribution is -2.43. The van der Waals surface area contributed by atoms with Crippen LogP contribution in [0.1, 0.15) is 23.4 Å². The lowest BCUT2D eigenvalue weighted by atomic mass is 9.97. The van der Waals surface area contributed by atoms with Crippen LogP contribution in [0, 0.1) is 19.8 Å². The first-order chi connectivity index (χ1) is 12.9.